The molecule has 0 radical (unpaired) electrons. The zero-order valence-electron chi connectivity index (χ0n) is 15.5. The standard InChI is InChI=1S/C19H31N2O2P/c1-15(2)21(16(3)4)24(22-13-9-12-20)23-14-19-17-10-7-5-6-8-11-18(17)19/h15-19H,7-11,13-14H2,1-4H3. The average molecular weight is 350 g/mol. The lowest BCUT2D eigenvalue weighted by Crippen LogP contribution is -2.33. The van der Waals surface area contributed by atoms with E-state index in [0.29, 0.717) is 31.0 Å². The Balaban J connectivity index is 1.89. The third-order valence-electron chi connectivity index (χ3n) is 4.88. The summed E-state index contributed by atoms with van der Waals surface area (Å²) in [4.78, 5) is 0. The molecular weight excluding hydrogens is 319 g/mol. The van der Waals surface area contributed by atoms with Gasteiger partial charge in [0, 0.05) is 24.9 Å². The molecule has 1 fully saturated rings. The summed E-state index contributed by atoms with van der Waals surface area (Å²) in [5.74, 6) is 8.78. The van der Waals surface area contributed by atoms with Crippen LogP contribution in [-0.4, -0.2) is 30.0 Å². The predicted octanol–water partition coefficient (Wildman–Crippen LogP) is 4.72. The molecule has 0 aromatic heterocycles. The summed E-state index contributed by atoms with van der Waals surface area (Å²) in [5, 5.41) is 8.77. The van der Waals surface area contributed by atoms with Crippen molar-refractivity contribution in [2.75, 3.05) is 13.2 Å². The van der Waals surface area contributed by atoms with Crippen molar-refractivity contribution in [1.29, 1.82) is 5.26 Å². The first-order valence-electron chi connectivity index (χ1n) is 9.23. The van der Waals surface area contributed by atoms with Crippen LogP contribution >= 0.6 is 8.53 Å². The molecule has 0 saturated heterocycles. The summed E-state index contributed by atoms with van der Waals surface area (Å²) in [7, 11) is -1.10. The largest absolute Gasteiger partial charge is 0.322 e. The summed E-state index contributed by atoms with van der Waals surface area (Å²) in [6.45, 7) is 9.93. The van der Waals surface area contributed by atoms with Gasteiger partial charge in [-0.3, -0.25) is 0 Å². The smallest absolute Gasteiger partial charge is 0.259 e. The van der Waals surface area contributed by atoms with Crippen molar-refractivity contribution in [2.45, 2.75) is 71.9 Å². The van der Waals surface area contributed by atoms with E-state index in [1.165, 1.54) is 12.8 Å². The highest BCUT2D eigenvalue weighted by Crippen LogP contribution is 2.55. The molecule has 0 heterocycles. The normalized spacial score (nSPS) is 27.0. The third kappa shape index (κ3) is 5.44. The van der Waals surface area contributed by atoms with Crippen LogP contribution in [0.1, 0.15) is 59.8 Å². The number of nitriles is 1. The van der Waals surface area contributed by atoms with Crippen LogP contribution in [0.4, 0.5) is 0 Å². The first kappa shape index (κ1) is 19.7. The molecule has 5 heteroatoms. The summed E-state index contributed by atoms with van der Waals surface area (Å²) in [6, 6.07) is 2.87. The minimum atomic E-state index is -1.10. The van der Waals surface area contributed by atoms with Crippen LogP contribution in [0.5, 0.6) is 0 Å². The summed E-state index contributed by atoms with van der Waals surface area (Å²) < 4.78 is 14.6. The van der Waals surface area contributed by atoms with Crippen LogP contribution in [-0.2, 0) is 9.05 Å². The Kier molecular flexibility index (Phi) is 7.99. The molecule has 0 aliphatic heterocycles. The molecule has 2 aliphatic carbocycles. The minimum absolute atomic E-state index is 0.361. The lowest BCUT2D eigenvalue weighted by Gasteiger charge is -2.35. The maximum Gasteiger partial charge on any atom is 0.259 e. The monoisotopic (exact) mass is 350 g/mol. The zero-order valence-corrected chi connectivity index (χ0v) is 16.4. The molecule has 0 N–H and O–H groups in total. The van der Waals surface area contributed by atoms with Gasteiger partial charge in [-0.25, -0.2) is 4.67 Å². The minimum Gasteiger partial charge on any atom is -0.322 e. The van der Waals surface area contributed by atoms with E-state index in [1.807, 2.05) is 0 Å². The van der Waals surface area contributed by atoms with Crippen LogP contribution in [0.25, 0.3) is 0 Å². The summed E-state index contributed by atoms with van der Waals surface area (Å²) in [6.07, 6.45) is 4.93. The van der Waals surface area contributed by atoms with Crippen molar-refractivity contribution in [3.8, 4) is 17.9 Å². The third-order valence-corrected chi connectivity index (χ3v) is 6.95. The second-order valence-electron chi connectivity index (χ2n) is 7.26. The Labute approximate surface area is 148 Å². The summed E-state index contributed by atoms with van der Waals surface area (Å²) in [5.41, 5.74) is 0. The molecule has 0 aromatic carbocycles. The van der Waals surface area contributed by atoms with Crippen molar-refractivity contribution in [3.63, 3.8) is 0 Å². The van der Waals surface area contributed by atoms with Crippen LogP contribution in [0, 0.1) is 40.9 Å². The fraction of sp³-hybridized carbons (Fsp3) is 0.842. The molecule has 1 saturated carbocycles. The van der Waals surface area contributed by atoms with Gasteiger partial charge in [0.25, 0.3) is 8.53 Å². The molecule has 134 valence electrons. The summed E-state index contributed by atoms with van der Waals surface area (Å²) >= 11 is 0. The number of nitrogens with zero attached hydrogens (tertiary/aromatic N) is 2. The fourth-order valence-corrected chi connectivity index (χ4v) is 5.39. The Morgan fingerprint density at radius 3 is 2.17 bits per heavy atom. The Morgan fingerprint density at radius 1 is 1.08 bits per heavy atom. The second-order valence-corrected chi connectivity index (χ2v) is 8.72. The maximum atomic E-state index is 8.77. The lowest BCUT2D eigenvalue weighted by atomic mass is 10.1. The fourth-order valence-electron chi connectivity index (χ4n) is 3.75. The average Bonchev–Trinajstić information content (AvgIpc) is 3.13. The number of fused-ring (bicyclic) bond motifs is 1. The predicted molar refractivity (Wildman–Crippen MR) is 97.9 cm³/mol. The molecule has 0 spiro atoms. The highest BCUT2D eigenvalue weighted by Gasteiger charge is 2.49. The van der Waals surface area contributed by atoms with E-state index in [-0.39, 0.29) is 0 Å². The van der Waals surface area contributed by atoms with E-state index in [0.717, 1.165) is 31.3 Å². The zero-order chi connectivity index (χ0) is 17.5. The number of hydrogen-bond donors (Lipinski definition) is 0. The van der Waals surface area contributed by atoms with Crippen molar-refractivity contribution < 1.29 is 9.05 Å². The van der Waals surface area contributed by atoms with Gasteiger partial charge in [-0.15, -0.1) is 11.8 Å². The van der Waals surface area contributed by atoms with Gasteiger partial charge in [0.1, 0.15) is 0 Å². The van der Waals surface area contributed by atoms with E-state index < -0.39 is 8.53 Å². The van der Waals surface area contributed by atoms with Crippen LogP contribution in [0.15, 0.2) is 0 Å². The van der Waals surface area contributed by atoms with E-state index in [4.69, 9.17) is 14.3 Å². The molecule has 2 rings (SSSR count). The van der Waals surface area contributed by atoms with Gasteiger partial charge in [0.2, 0.25) is 0 Å². The second kappa shape index (κ2) is 9.74. The first-order valence-corrected chi connectivity index (χ1v) is 10.4. The van der Waals surface area contributed by atoms with E-state index >= 15 is 0 Å². The molecule has 2 aliphatic rings. The first-order chi connectivity index (χ1) is 11.6. The highest BCUT2D eigenvalue weighted by atomic mass is 31.2. The molecule has 0 amide bonds. The Bertz CT molecular complexity index is 466. The van der Waals surface area contributed by atoms with Crippen molar-refractivity contribution >= 4 is 8.53 Å². The molecule has 0 aromatic rings. The molecule has 3 unspecified atom stereocenters. The Hall–Kier alpha value is -0.640. The topological polar surface area (TPSA) is 45.5 Å². The van der Waals surface area contributed by atoms with Crippen molar-refractivity contribution in [2.24, 2.45) is 17.8 Å². The molecule has 4 nitrogen and oxygen atoms in total. The molecule has 0 bridgehead atoms. The van der Waals surface area contributed by atoms with Gasteiger partial charge in [-0.2, -0.15) is 5.26 Å². The van der Waals surface area contributed by atoms with Gasteiger partial charge in [0.15, 0.2) is 0 Å². The van der Waals surface area contributed by atoms with Gasteiger partial charge < -0.3 is 9.05 Å². The van der Waals surface area contributed by atoms with Crippen LogP contribution < -0.4 is 0 Å². The quantitative estimate of drug-likeness (QED) is 0.343. The molecule has 24 heavy (non-hydrogen) atoms. The van der Waals surface area contributed by atoms with E-state index in [1.54, 1.807) is 0 Å². The van der Waals surface area contributed by atoms with Crippen molar-refractivity contribution in [1.82, 2.24) is 4.67 Å². The molecule has 3 atom stereocenters. The van der Waals surface area contributed by atoms with Crippen LogP contribution in [0.3, 0.4) is 0 Å². The molecular formula is C19H31N2O2P. The SMILES string of the molecule is CC(C)N(C(C)C)P(OCCC#N)OCC1C2CCC#CCCC21. The van der Waals surface area contributed by atoms with Gasteiger partial charge >= 0.3 is 0 Å². The highest BCUT2D eigenvalue weighted by molar-refractivity contribution is 7.44. The Morgan fingerprint density at radius 2 is 1.67 bits per heavy atom. The maximum absolute atomic E-state index is 8.77. The number of hydrogen-bond acceptors (Lipinski definition) is 4. The van der Waals surface area contributed by atoms with Gasteiger partial charge in [0.05, 0.1) is 25.7 Å². The lowest BCUT2D eigenvalue weighted by molar-refractivity contribution is 0.168. The van der Waals surface area contributed by atoms with Crippen LogP contribution in [0.2, 0.25) is 0 Å². The van der Waals surface area contributed by atoms with E-state index in [2.05, 4.69) is 50.3 Å². The van der Waals surface area contributed by atoms with Gasteiger partial charge in [-0.05, 0) is 58.3 Å². The van der Waals surface area contributed by atoms with E-state index in [9.17, 15) is 0 Å². The number of rotatable bonds is 9. The van der Waals surface area contributed by atoms with Crippen molar-refractivity contribution in [3.05, 3.63) is 0 Å². The van der Waals surface area contributed by atoms with Gasteiger partial charge in [-0.1, -0.05) is 0 Å².